The van der Waals surface area contributed by atoms with Crippen molar-refractivity contribution < 1.29 is 19.1 Å². The third kappa shape index (κ3) is 5.43. The predicted molar refractivity (Wildman–Crippen MR) is 88.1 cm³/mol. The van der Waals surface area contributed by atoms with Crippen LogP contribution in [0.15, 0.2) is 29.8 Å². The van der Waals surface area contributed by atoms with Crippen LogP contribution in [0.4, 0.5) is 0 Å². The molecule has 1 aliphatic carbocycles. The summed E-state index contributed by atoms with van der Waals surface area (Å²) < 4.78 is 10.6. The summed E-state index contributed by atoms with van der Waals surface area (Å²) in [4.78, 5) is 22.6. The van der Waals surface area contributed by atoms with E-state index in [1.165, 1.54) is 25.5 Å². The van der Waals surface area contributed by atoms with Crippen molar-refractivity contribution in [2.45, 2.75) is 32.1 Å². The Balaban J connectivity index is 1.75. The van der Waals surface area contributed by atoms with Gasteiger partial charge in [-0.05, 0) is 50.3 Å². The average Bonchev–Trinajstić information content (AvgIpc) is 2.60. The van der Waals surface area contributed by atoms with Crippen LogP contribution >= 0.6 is 0 Å². The highest BCUT2D eigenvalue weighted by Crippen LogP contribution is 2.27. The Hall–Kier alpha value is -2.30. The molecule has 0 fully saturated rings. The molecule has 1 aromatic rings. The molecule has 0 bridgehead atoms. The molecule has 0 saturated heterocycles. The lowest BCUT2D eigenvalue weighted by Crippen LogP contribution is -2.30. The standard InChI is InChI=1S/C18H23NO4/c1-22-17-11-15(12-20)7-8-16(17)23-13-18(21)19-10-9-14-5-3-2-4-6-14/h5,7-8,11-12H,2-4,6,9-10,13H2,1H3,(H,19,21). The zero-order valence-corrected chi connectivity index (χ0v) is 13.5. The molecule has 0 heterocycles. The maximum Gasteiger partial charge on any atom is 0.257 e. The first-order valence-electron chi connectivity index (χ1n) is 7.93. The van der Waals surface area contributed by atoms with Crippen LogP contribution in [-0.4, -0.2) is 32.5 Å². The number of benzene rings is 1. The van der Waals surface area contributed by atoms with E-state index in [1.807, 2.05) is 0 Å². The smallest absolute Gasteiger partial charge is 0.257 e. The van der Waals surface area contributed by atoms with E-state index < -0.39 is 0 Å². The molecule has 0 spiro atoms. The number of carbonyl (C=O) groups is 2. The van der Waals surface area contributed by atoms with Crippen LogP contribution in [0, 0.1) is 0 Å². The van der Waals surface area contributed by atoms with Crippen LogP contribution in [0.2, 0.25) is 0 Å². The quantitative estimate of drug-likeness (QED) is 0.591. The van der Waals surface area contributed by atoms with Crippen molar-refractivity contribution in [2.24, 2.45) is 0 Å². The lowest BCUT2D eigenvalue weighted by Gasteiger charge is -2.13. The molecule has 0 aromatic heterocycles. The average molecular weight is 317 g/mol. The highest BCUT2D eigenvalue weighted by Gasteiger charge is 2.09. The first kappa shape index (κ1) is 17.1. The van der Waals surface area contributed by atoms with Crippen molar-refractivity contribution in [1.29, 1.82) is 0 Å². The van der Waals surface area contributed by atoms with E-state index in [9.17, 15) is 9.59 Å². The summed E-state index contributed by atoms with van der Waals surface area (Å²) >= 11 is 0. The second-order valence-electron chi connectivity index (χ2n) is 5.52. The molecule has 0 aliphatic heterocycles. The number of allylic oxidation sites excluding steroid dienone is 1. The zero-order valence-electron chi connectivity index (χ0n) is 13.5. The summed E-state index contributed by atoms with van der Waals surface area (Å²) in [6, 6.07) is 4.83. The Morgan fingerprint density at radius 2 is 2.17 bits per heavy atom. The van der Waals surface area contributed by atoms with Crippen LogP contribution < -0.4 is 14.8 Å². The van der Waals surface area contributed by atoms with Gasteiger partial charge in [-0.15, -0.1) is 0 Å². The maximum atomic E-state index is 11.8. The van der Waals surface area contributed by atoms with Gasteiger partial charge in [0, 0.05) is 12.1 Å². The molecule has 0 saturated carbocycles. The third-order valence-corrected chi connectivity index (χ3v) is 3.84. The SMILES string of the molecule is COc1cc(C=O)ccc1OCC(=O)NCCC1=CCCCC1. The number of carbonyl (C=O) groups excluding carboxylic acids is 2. The molecule has 2 rings (SSSR count). The number of hydrogen-bond acceptors (Lipinski definition) is 4. The van der Waals surface area contributed by atoms with Gasteiger partial charge in [0.1, 0.15) is 6.29 Å². The summed E-state index contributed by atoms with van der Waals surface area (Å²) in [5, 5.41) is 2.86. The fourth-order valence-corrected chi connectivity index (χ4v) is 2.57. The van der Waals surface area contributed by atoms with Gasteiger partial charge in [0.2, 0.25) is 0 Å². The second kappa shape index (κ2) is 8.98. The van der Waals surface area contributed by atoms with Crippen molar-refractivity contribution in [3.05, 3.63) is 35.4 Å². The van der Waals surface area contributed by atoms with E-state index in [4.69, 9.17) is 9.47 Å². The number of hydrogen-bond donors (Lipinski definition) is 1. The Morgan fingerprint density at radius 1 is 1.30 bits per heavy atom. The molecule has 5 nitrogen and oxygen atoms in total. The molecule has 1 amide bonds. The number of aldehydes is 1. The highest BCUT2D eigenvalue weighted by molar-refractivity contribution is 5.78. The summed E-state index contributed by atoms with van der Waals surface area (Å²) in [7, 11) is 1.49. The van der Waals surface area contributed by atoms with Crippen LogP contribution in [0.5, 0.6) is 11.5 Å². The Kier molecular flexibility index (Phi) is 6.66. The van der Waals surface area contributed by atoms with Crippen LogP contribution in [-0.2, 0) is 4.79 Å². The Morgan fingerprint density at radius 3 is 2.87 bits per heavy atom. The lowest BCUT2D eigenvalue weighted by atomic mass is 9.97. The van der Waals surface area contributed by atoms with E-state index in [1.54, 1.807) is 18.2 Å². The van der Waals surface area contributed by atoms with Gasteiger partial charge in [-0.25, -0.2) is 0 Å². The molecule has 1 aliphatic rings. The van der Waals surface area contributed by atoms with E-state index in [0.717, 1.165) is 25.5 Å². The third-order valence-electron chi connectivity index (χ3n) is 3.84. The van der Waals surface area contributed by atoms with Gasteiger partial charge in [0.25, 0.3) is 5.91 Å². The fourth-order valence-electron chi connectivity index (χ4n) is 2.57. The minimum atomic E-state index is -0.164. The van der Waals surface area contributed by atoms with Gasteiger partial charge >= 0.3 is 0 Å². The summed E-state index contributed by atoms with van der Waals surface area (Å²) in [6.45, 7) is 0.561. The van der Waals surface area contributed by atoms with Gasteiger partial charge in [0.15, 0.2) is 18.1 Å². The van der Waals surface area contributed by atoms with E-state index in [-0.39, 0.29) is 12.5 Å². The minimum Gasteiger partial charge on any atom is -0.493 e. The molecule has 0 atom stereocenters. The van der Waals surface area contributed by atoms with Gasteiger partial charge in [-0.1, -0.05) is 11.6 Å². The summed E-state index contributed by atoms with van der Waals surface area (Å²) in [6.07, 6.45) is 8.75. The van der Waals surface area contributed by atoms with Crippen molar-refractivity contribution >= 4 is 12.2 Å². The monoisotopic (exact) mass is 317 g/mol. The van der Waals surface area contributed by atoms with Crippen molar-refractivity contribution in [3.8, 4) is 11.5 Å². The molecular weight excluding hydrogens is 294 g/mol. The normalized spacial score (nSPS) is 13.9. The molecular formula is C18H23NO4. The predicted octanol–water partition coefficient (Wildman–Crippen LogP) is 2.89. The molecule has 1 aromatic carbocycles. The second-order valence-corrected chi connectivity index (χ2v) is 5.52. The van der Waals surface area contributed by atoms with Gasteiger partial charge in [-0.3, -0.25) is 9.59 Å². The van der Waals surface area contributed by atoms with Crippen molar-refractivity contribution in [1.82, 2.24) is 5.32 Å². The number of amides is 1. The number of rotatable bonds is 8. The largest absolute Gasteiger partial charge is 0.493 e. The zero-order chi connectivity index (χ0) is 16.5. The highest BCUT2D eigenvalue weighted by atomic mass is 16.5. The maximum absolute atomic E-state index is 11.8. The molecule has 124 valence electrons. The first-order valence-corrected chi connectivity index (χ1v) is 7.93. The minimum absolute atomic E-state index is 0.0736. The summed E-state index contributed by atoms with van der Waals surface area (Å²) in [5.41, 5.74) is 1.93. The van der Waals surface area contributed by atoms with Gasteiger partial charge < -0.3 is 14.8 Å². The number of methoxy groups -OCH3 is 1. The number of ether oxygens (including phenoxy) is 2. The Bertz CT molecular complexity index is 580. The first-order chi connectivity index (χ1) is 11.2. The molecule has 23 heavy (non-hydrogen) atoms. The molecule has 5 heteroatoms. The molecule has 1 N–H and O–H groups in total. The van der Waals surface area contributed by atoms with E-state index >= 15 is 0 Å². The van der Waals surface area contributed by atoms with Gasteiger partial charge in [-0.2, -0.15) is 0 Å². The summed E-state index contributed by atoms with van der Waals surface area (Å²) in [5.74, 6) is 0.723. The molecule has 0 unspecified atom stereocenters. The van der Waals surface area contributed by atoms with Crippen molar-refractivity contribution in [2.75, 3.05) is 20.3 Å². The Labute approximate surface area is 136 Å². The van der Waals surface area contributed by atoms with Crippen LogP contribution in [0.3, 0.4) is 0 Å². The molecule has 0 radical (unpaired) electrons. The van der Waals surface area contributed by atoms with Crippen LogP contribution in [0.1, 0.15) is 42.5 Å². The van der Waals surface area contributed by atoms with Crippen LogP contribution in [0.25, 0.3) is 0 Å². The van der Waals surface area contributed by atoms with Gasteiger partial charge in [0.05, 0.1) is 7.11 Å². The fraction of sp³-hybridized carbons (Fsp3) is 0.444. The number of nitrogens with one attached hydrogen (secondary N) is 1. The van der Waals surface area contributed by atoms with E-state index in [2.05, 4.69) is 11.4 Å². The topological polar surface area (TPSA) is 64.6 Å². The lowest BCUT2D eigenvalue weighted by molar-refractivity contribution is -0.123. The van der Waals surface area contributed by atoms with Crippen molar-refractivity contribution in [3.63, 3.8) is 0 Å². The van der Waals surface area contributed by atoms with E-state index in [0.29, 0.717) is 23.6 Å².